The van der Waals surface area contributed by atoms with Gasteiger partial charge in [0.1, 0.15) is 5.75 Å². The summed E-state index contributed by atoms with van der Waals surface area (Å²) in [7, 11) is 1.33. The third-order valence-electron chi connectivity index (χ3n) is 2.85. The van der Waals surface area contributed by atoms with Gasteiger partial charge in [0.25, 0.3) is 5.91 Å². The first-order valence-electron chi connectivity index (χ1n) is 6.79. The van der Waals surface area contributed by atoms with E-state index in [1.165, 1.54) is 25.3 Å². The number of hydrogen-bond donors (Lipinski definition) is 1. The van der Waals surface area contributed by atoms with Gasteiger partial charge < -0.3 is 19.5 Å². The van der Waals surface area contributed by atoms with Crippen molar-refractivity contribution >= 4 is 23.2 Å². The normalized spacial score (nSPS) is 10.4. The largest absolute Gasteiger partial charge is 0.493 e. The van der Waals surface area contributed by atoms with Crippen molar-refractivity contribution in [3.05, 3.63) is 47.5 Å². The molecule has 0 saturated heterocycles. The minimum absolute atomic E-state index is 0.130. The molecular formula is C16H14ClF2NO4. The molecule has 0 bridgehead atoms. The van der Waals surface area contributed by atoms with Crippen molar-refractivity contribution in [2.75, 3.05) is 19.0 Å². The molecule has 0 spiro atoms. The van der Waals surface area contributed by atoms with E-state index in [0.29, 0.717) is 10.8 Å². The molecule has 0 unspecified atom stereocenters. The summed E-state index contributed by atoms with van der Waals surface area (Å²) in [4.78, 5) is 11.9. The van der Waals surface area contributed by atoms with Gasteiger partial charge in [0.15, 0.2) is 18.1 Å². The van der Waals surface area contributed by atoms with E-state index in [1.807, 2.05) is 0 Å². The lowest BCUT2D eigenvalue weighted by Gasteiger charge is -2.12. The lowest BCUT2D eigenvalue weighted by Crippen LogP contribution is -2.20. The smallest absolute Gasteiger partial charge is 0.387 e. The Hall–Kier alpha value is -2.54. The van der Waals surface area contributed by atoms with E-state index in [1.54, 1.807) is 24.3 Å². The molecule has 1 N–H and O–H groups in total. The summed E-state index contributed by atoms with van der Waals surface area (Å²) in [5.41, 5.74) is 0.274. The average molecular weight is 358 g/mol. The van der Waals surface area contributed by atoms with E-state index in [2.05, 4.69) is 10.1 Å². The minimum atomic E-state index is -3.00. The SMILES string of the molecule is COc1ccc(NC(=O)COc2ccc(Cl)cc2)cc1OC(F)F. The molecular weight excluding hydrogens is 344 g/mol. The number of halogens is 3. The van der Waals surface area contributed by atoms with Crippen LogP contribution in [0.15, 0.2) is 42.5 Å². The molecule has 128 valence electrons. The number of methoxy groups -OCH3 is 1. The van der Waals surface area contributed by atoms with Crippen LogP contribution in [-0.4, -0.2) is 26.2 Å². The van der Waals surface area contributed by atoms with Crippen LogP contribution in [0, 0.1) is 0 Å². The topological polar surface area (TPSA) is 56.8 Å². The predicted molar refractivity (Wildman–Crippen MR) is 85.2 cm³/mol. The lowest BCUT2D eigenvalue weighted by atomic mass is 10.2. The van der Waals surface area contributed by atoms with Crippen molar-refractivity contribution in [3.63, 3.8) is 0 Å². The molecule has 2 aromatic carbocycles. The minimum Gasteiger partial charge on any atom is -0.493 e. The number of alkyl halides is 2. The Labute approximate surface area is 142 Å². The highest BCUT2D eigenvalue weighted by atomic mass is 35.5. The van der Waals surface area contributed by atoms with Gasteiger partial charge >= 0.3 is 6.61 Å². The molecule has 0 saturated carbocycles. The monoisotopic (exact) mass is 357 g/mol. The highest BCUT2D eigenvalue weighted by Gasteiger charge is 2.12. The van der Waals surface area contributed by atoms with Crippen LogP contribution in [0.5, 0.6) is 17.2 Å². The molecule has 0 aromatic heterocycles. The molecule has 0 aliphatic rings. The van der Waals surface area contributed by atoms with Gasteiger partial charge in [-0.2, -0.15) is 8.78 Å². The number of ether oxygens (including phenoxy) is 3. The van der Waals surface area contributed by atoms with Gasteiger partial charge in [-0.3, -0.25) is 4.79 Å². The Bertz CT molecular complexity index is 695. The van der Waals surface area contributed by atoms with Crippen molar-refractivity contribution in [2.24, 2.45) is 0 Å². The Morgan fingerprint density at radius 3 is 2.50 bits per heavy atom. The highest BCUT2D eigenvalue weighted by Crippen LogP contribution is 2.31. The van der Waals surface area contributed by atoms with Crippen LogP contribution in [0.2, 0.25) is 5.02 Å². The lowest BCUT2D eigenvalue weighted by molar-refractivity contribution is -0.118. The fourth-order valence-electron chi connectivity index (χ4n) is 1.82. The molecule has 8 heteroatoms. The number of rotatable bonds is 7. The second-order valence-corrected chi connectivity index (χ2v) is 4.97. The summed E-state index contributed by atoms with van der Waals surface area (Å²) in [5.74, 6) is -0.0289. The van der Waals surface area contributed by atoms with Crippen molar-refractivity contribution in [2.45, 2.75) is 6.61 Å². The Kier molecular flexibility index (Phi) is 6.20. The average Bonchev–Trinajstić information content (AvgIpc) is 2.54. The second-order valence-electron chi connectivity index (χ2n) is 4.53. The van der Waals surface area contributed by atoms with Gasteiger partial charge in [0, 0.05) is 16.8 Å². The second kappa shape index (κ2) is 8.35. The van der Waals surface area contributed by atoms with Crippen LogP contribution in [0.4, 0.5) is 14.5 Å². The van der Waals surface area contributed by atoms with Crippen LogP contribution in [0.1, 0.15) is 0 Å². The number of hydrogen-bond acceptors (Lipinski definition) is 4. The molecule has 1 amide bonds. The van der Waals surface area contributed by atoms with E-state index in [-0.39, 0.29) is 23.8 Å². The summed E-state index contributed by atoms with van der Waals surface area (Å²) in [5, 5.41) is 3.07. The van der Waals surface area contributed by atoms with E-state index < -0.39 is 12.5 Å². The molecule has 0 aliphatic carbocycles. The first kappa shape index (κ1) is 17.8. The van der Waals surface area contributed by atoms with Crippen molar-refractivity contribution in [3.8, 4) is 17.2 Å². The molecule has 0 atom stereocenters. The predicted octanol–water partition coefficient (Wildman–Crippen LogP) is 3.97. The summed E-state index contributed by atoms with van der Waals surface area (Å²) in [6.45, 7) is -3.25. The summed E-state index contributed by atoms with van der Waals surface area (Å²) in [6.07, 6.45) is 0. The number of benzene rings is 2. The van der Waals surface area contributed by atoms with Crippen molar-refractivity contribution < 1.29 is 27.8 Å². The van der Waals surface area contributed by atoms with E-state index in [4.69, 9.17) is 21.1 Å². The quantitative estimate of drug-likeness (QED) is 0.814. The van der Waals surface area contributed by atoms with Crippen molar-refractivity contribution in [1.82, 2.24) is 0 Å². The van der Waals surface area contributed by atoms with Gasteiger partial charge in [-0.1, -0.05) is 11.6 Å². The van der Waals surface area contributed by atoms with Crippen LogP contribution >= 0.6 is 11.6 Å². The zero-order valence-electron chi connectivity index (χ0n) is 12.6. The van der Waals surface area contributed by atoms with Crippen LogP contribution in [0.3, 0.4) is 0 Å². The molecule has 0 radical (unpaired) electrons. The zero-order chi connectivity index (χ0) is 17.5. The number of carbonyl (C=O) groups is 1. The molecule has 0 fully saturated rings. The Morgan fingerprint density at radius 2 is 1.88 bits per heavy atom. The summed E-state index contributed by atoms with van der Waals surface area (Å²) < 4.78 is 39.3. The van der Waals surface area contributed by atoms with Gasteiger partial charge in [-0.05, 0) is 36.4 Å². The van der Waals surface area contributed by atoms with Gasteiger partial charge in [-0.25, -0.2) is 0 Å². The van der Waals surface area contributed by atoms with Gasteiger partial charge in [-0.15, -0.1) is 0 Å². The molecule has 0 heterocycles. The molecule has 0 aliphatic heterocycles. The number of anilines is 1. The molecule has 2 aromatic rings. The number of amides is 1. The maximum absolute atomic E-state index is 12.4. The third-order valence-corrected chi connectivity index (χ3v) is 3.10. The summed E-state index contributed by atoms with van der Waals surface area (Å²) in [6, 6.07) is 10.7. The van der Waals surface area contributed by atoms with Gasteiger partial charge in [0.2, 0.25) is 0 Å². The van der Waals surface area contributed by atoms with Crippen LogP contribution in [-0.2, 0) is 4.79 Å². The first-order chi connectivity index (χ1) is 11.5. The number of carbonyl (C=O) groups excluding carboxylic acids is 1. The van der Waals surface area contributed by atoms with E-state index in [0.717, 1.165) is 0 Å². The molecule has 24 heavy (non-hydrogen) atoms. The molecule has 2 rings (SSSR count). The fourth-order valence-corrected chi connectivity index (χ4v) is 1.95. The van der Waals surface area contributed by atoms with Crippen molar-refractivity contribution in [1.29, 1.82) is 0 Å². The number of nitrogens with one attached hydrogen (secondary N) is 1. The van der Waals surface area contributed by atoms with Crippen LogP contribution in [0.25, 0.3) is 0 Å². The van der Waals surface area contributed by atoms with E-state index in [9.17, 15) is 13.6 Å². The van der Waals surface area contributed by atoms with Crippen LogP contribution < -0.4 is 19.5 Å². The van der Waals surface area contributed by atoms with E-state index >= 15 is 0 Å². The Morgan fingerprint density at radius 1 is 1.17 bits per heavy atom. The van der Waals surface area contributed by atoms with Gasteiger partial charge in [0.05, 0.1) is 7.11 Å². The Balaban J connectivity index is 1.96. The maximum Gasteiger partial charge on any atom is 0.387 e. The fraction of sp³-hybridized carbons (Fsp3) is 0.188. The summed E-state index contributed by atoms with van der Waals surface area (Å²) >= 11 is 5.75. The standard InChI is InChI=1S/C16H14ClF2NO4/c1-22-13-7-4-11(8-14(13)24-16(18)19)20-15(21)9-23-12-5-2-10(17)3-6-12/h2-8,16H,9H2,1H3,(H,20,21). The zero-order valence-corrected chi connectivity index (χ0v) is 13.3. The first-order valence-corrected chi connectivity index (χ1v) is 7.17. The third kappa shape index (κ3) is 5.27. The molecule has 5 nitrogen and oxygen atoms in total. The highest BCUT2D eigenvalue weighted by molar-refractivity contribution is 6.30. The maximum atomic E-state index is 12.4.